The minimum atomic E-state index is 0.237. The molecule has 1 N–H and O–H groups in total. The summed E-state index contributed by atoms with van der Waals surface area (Å²) < 4.78 is 2.89. The van der Waals surface area contributed by atoms with Crippen LogP contribution in [0, 0.1) is 25.2 Å². The van der Waals surface area contributed by atoms with Crippen LogP contribution in [0.2, 0.25) is 0 Å². The Morgan fingerprint density at radius 1 is 0.968 bits per heavy atom. The first-order valence-electron chi connectivity index (χ1n) is 9.35. The molecular formula is C20H15N11. The van der Waals surface area contributed by atoms with Gasteiger partial charge in [0, 0.05) is 18.0 Å². The van der Waals surface area contributed by atoms with Gasteiger partial charge in [-0.1, -0.05) is 30.3 Å². The first-order valence-corrected chi connectivity index (χ1v) is 9.35. The molecule has 5 aromatic rings. The van der Waals surface area contributed by atoms with E-state index in [4.69, 9.17) is 0 Å². The number of nitrogens with zero attached hydrogens (tertiary/aromatic N) is 10. The number of hydrogen-bond donors (Lipinski definition) is 1. The van der Waals surface area contributed by atoms with E-state index in [0.717, 1.165) is 5.56 Å². The molecule has 0 aliphatic carbocycles. The minimum absolute atomic E-state index is 0.237. The summed E-state index contributed by atoms with van der Waals surface area (Å²) >= 11 is 0. The molecular weight excluding hydrogens is 394 g/mol. The molecule has 0 radical (unpaired) electrons. The number of H-pyrrole nitrogens is 1. The zero-order chi connectivity index (χ0) is 21.4. The zero-order valence-corrected chi connectivity index (χ0v) is 16.6. The maximum absolute atomic E-state index is 9.65. The molecule has 150 valence electrons. The Labute approximate surface area is 175 Å². The maximum atomic E-state index is 9.65. The zero-order valence-electron chi connectivity index (χ0n) is 16.6. The second-order valence-corrected chi connectivity index (χ2v) is 6.67. The highest BCUT2D eigenvalue weighted by molar-refractivity contribution is 5.82. The lowest BCUT2D eigenvalue weighted by atomic mass is 10.1. The molecule has 11 nitrogen and oxygen atoms in total. The molecule has 11 heteroatoms. The minimum Gasteiger partial charge on any atom is -0.324 e. The maximum Gasteiger partial charge on any atom is 0.252 e. The molecule has 0 spiro atoms. The molecule has 0 saturated carbocycles. The lowest BCUT2D eigenvalue weighted by molar-refractivity contribution is 0.793. The lowest BCUT2D eigenvalue weighted by Gasteiger charge is -2.01. The molecule has 0 fully saturated rings. The third-order valence-corrected chi connectivity index (χ3v) is 4.57. The fraction of sp³-hybridized carbons (Fsp3) is 0.100. The lowest BCUT2D eigenvalue weighted by Crippen LogP contribution is -2.01. The average molecular weight is 409 g/mol. The van der Waals surface area contributed by atoms with Gasteiger partial charge in [-0.15, -0.1) is 25.1 Å². The van der Waals surface area contributed by atoms with E-state index in [1.54, 1.807) is 25.4 Å². The molecule has 1 aromatic carbocycles. The fourth-order valence-corrected chi connectivity index (χ4v) is 3.18. The van der Waals surface area contributed by atoms with Crippen molar-refractivity contribution in [3.8, 4) is 23.3 Å². The SMILES string of the molecule is Cc1nn2nc(-c3ccccc3)c(/N=N/c3c(C#N)c(C)nn3-c3ncccn3)c2[nH]1. The molecule has 0 unspecified atom stereocenters. The van der Waals surface area contributed by atoms with Crippen molar-refractivity contribution in [3.05, 3.63) is 65.9 Å². The number of aromatic nitrogens is 8. The topological polar surface area (TPSA) is 138 Å². The van der Waals surface area contributed by atoms with Gasteiger partial charge in [0.2, 0.25) is 0 Å². The average Bonchev–Trinajstić information content (AvgIpc) is 3.43. The monoisotopic (exact) mass is 409 g/mol. The number of aromatic amines is 1. The number of azo groups is 1. The van der Waals surface area contributed by atoms with Crippen LogP contribution in [0.3, 0.4) is 0 Å². The van der Waals surface area contributed by atoms with Crippen LogP contribution in [0.5, 0.6) is 0 Å². The Hall–Kier alpha value is -4.72. The molecule has 0 aliphatic heterocycles. The quantitative estimate of drug-likeness (QED) is 0.450. The number of aryl methyl sites for hydroxylation is 2. The first-order chi connectivity index (χ1) is 15.2. The number of nitrogens with one attached hydrogen (secondary N) is 1. The standard InChI is InChI=1S/C20H15N11/c1-12-15(11-21)18(30(27-12)20-22-9-6-10-23-20)26-25-17-16(14-7-4-3-5-8-14)29-31-19(17)24-13(2)28-31/h3-10H,1-2H3,(H,24,28)/b26-25+. The van der Waals surface area contributed by atoms with Crippen LogP contribution in [0.4, 0.5) is 11.5 Å². The number of fused-ring (bicyclic) bond motifs is 1. The van der Waals surface area contributed by atoms with Crippen LogP contribution in [0.1, 0.15) is 17.1 Å². The van der Waals surface area contributed by atoms with Crippen LogP contribution in [0.25, 0.3) is 22.9 Å². The Morgan fingerprint density at radius 2 is 1.74 bits per heavy atom. The first kappa shape index (κ1) is 18.3. The van der Waals surface area contributed by atoms with Gasteiger partial charge in [-0.2, -0.15) is 15.0 Å². The summed E-state index contributed by atoms with van der Waals surface area (Å²) in [4.78, 5) is 11.6. The van der Waals surface area contributed by atoms with Gasteiger partial charge >= 0.3 is 0 Å². The highest BCUT2D eigenvalue weighted by atomic mass is 15.5. The number of rotatable bonds is 4. The number of nitriles is 1. The van der Waals surface area contributed by atoms with Gasteiger partial charge in [-0.05, 0) is 19.9 Å². The third-order valence-electron chi connectivity index (χ3n) is 4.57. The van der Waals surface area contributed by atoms with E-state index in [0.29, 0.717) is 40.1 Å². The van der Waals surface area contributed by atoms with Crippen LogP contribution in [-0.4, -0.2) is 39.6 Å². The van der Waals surface area contributed by atoms with Crippen molar-refractivity contribution in [2.45, 2.75) is 13.8 Å². The van der Waals surface area contributed by atoms with Crippen molar-refractivity contribution in [2.24, 2.45) is 10.2 Å². The van der Waals surface area contributed by atoms with E-state index in [9.17, 15) is 5.26 Å². The Bertz CT molecular complexity index is 1450. The van der Waals surface area contributed by atoms with Crippen LogP contribution in [-0.2, 0) is 0 Å². The summed E-state index contributed by atoms with van der Waals surface area (Å²) in [5.74, 6) is 1.22. The third kappa shape index (κ3) is 3.12. The molecule has 4 heterocycles. The normalized spacial score (nSPS) is 11.4. The van der Waals surface area contributed by atoms with Crippen molar-refractivity contribution in [3.63, 3.8) is 0 Å². The summed E-state index contributed by atoms with van der Waals surface area (Å²) in [6.07, 6.45) is 3.18. The van der Waals surface area contributed by atoms with Gasteiger partial charge in [-0.3, -0.25) is 0 Å². The van der Waals surface area contributed by atoms with Gasteiger partial charge in [0.15, 0.2) is 17.2 Å². The molecule has 31 heavy (non-hydrogen) atoms. The van der Waals surface area contributed by atoms with Crippen LogP contribution >= 0.6 is 0 Å². The van der Waals surface area contributed by atoms with E-state index in [2.05, 4.69) is 46.5 Å². The van der Waals surface area contributed by atoms with E-state index < -0.39 is 0 Å². The van der Waals surface area contributed by atoms with Crippen molar-refractivity contribution < 1.29 is 0 Å². The second kappa shape index (κ2) is 7.27. The Kier molecular flexibility index (Phi) is 4.30. The van der Waals surface area contributed by atoms with Crippen LogP contribution in [0.15, 0.2) is 59.0 Å². The Balaban J connectivity index is 1.69. The van der Waals surface area contributed by atoms with E-state index in [-0.39, 0.29) is 5.82 Å². The predicted octanol–water partition coefficient (Wildman–Crippen LogP) is 3.60. The fourth-order valence-electron chi connectivity index (χ4n) is 3.18. The van der Waals surface area contributed by atoms with Gasteiger partial charge in [-0.25, -0.2) is 9.97 Å². The molecule has 4 aromatic heterocycles. The summed E-state index contributed by atoms with van der Waals surface area (Å²) in [6, 6.07) is 13.5. The smallest absolute Gasteiger partial charge is 0.252 e. The summed E-state index contributed by atoms with van der Waals surface area (Å²) in [7, 11) is 0. The van der Waals surface area contributed by atoms with E-state index in [1.807, 2.05) is 37.3 Å². The van der Waals surface area contributed by atoms with Gasteiger partial charge in [0.1, 0.15) is 23.2 Å². The Morgan fingerprint density at radius 3 is 2.48 bits per heavy atom. The van der Waals surface area contributed by atoms with Crippen molar-refractivity contribution in [1.82, 2.24) is 39.6 Å². The highest BCUT2D eigenvalue weighted by Crippen LogP contribution is 2.35. The van der Waals surface area contributed by atoms with Gasteiger partial charge in [0.05, 0.1) is 5.69 Å². The highest BCUT2D eigenvalue weighted by Gasteiger charge is 2.20. The van der Waals surface area contributed by atoms with E-state index >= 15 is 0 Å². The predicted molar refractivity (Wildman–Crippen MR) is 110 cm³/mol. The molecule has 0 bridgehead atoms. The van der Waals surface area contributed by atoms with Crippen LogP contribution < -0.4 is 0 Å². The summed E-state index contributed by atoms with van der Waals surface area (Å²) in [6.45, 7) is 3.56. The van der Waals surface area contributed by atoms with Crippen molar-refractivity contribution >= 4 is 17.2 Å². The van der Waals surface area contributed by atoms with Crippen molar-refractivity contribution in [2.75, 3.05) is 0 Å². The number of benzene rings is 1. The molecule has 0 saturated heterocycles. The molecule has 0 amide bonds. The molecule has 0 atom stereocenters. The largest absolute Gasteiger partial charge is 0.324 e. The van der Waals surface area contributed by atoms with E-state index in [1.165, 1.54) is 9.31 Å². The summed E-state index contributed by atoms with van der Waals surface area (Å²) in [5.41, 5.74) is 3.36. The van der Waals surface area contributed by atoms with Gasteiger partial charge < -0.3 is 4.98 Å². The van der Waals surface area contributed by atoms with Crippen molar-refractivity contribution in [1.29, 1.82) is 5.26 Å². The molecule has 0 aliphatic rings. The number of hydrogen-bond acceptors (Lipinski definition) is 8. The summed E-state index contributed by atoms with van der Waals surface area (Å²) in [5, 5.41) is 31.8. The molecule has 5 rings (SSSR count). The van der Waals surface area contributed by atoms with Gasteiger partial charge in [0.25, 0.3) is 5.95 Å². The second-order valence-electron chi connectivity index (χ2n) is 6.67.